The van der Waals surface area contributed by atoms with Crippen molar-refractivity contribution < 1.29 is 4.42 Å². The molecule has 0 radical (unpaired) electrons. The van der Waals surface area contributed by atoms with E-state index in [1.54, 1.807) is 0 Å². The molecule has 0 bridgehead atoms. The molecule has 4 aromatic heterocycles. The Morgan fingerprint density at radius 3 is 1.40 bits per heavy atom. The van der Waals surface area contributed by atoms with Gasteiger partial charge in [0, 0.05) is 65.9 Å². The molecule has 0 saturated carbocycles. The first kappa shape index (κ1) is 35.2. The largest absolute Gasteiger partial charge is 0.455 e. The Balaban J connectivity index is 0.947. The van der Waals surface area contributed by atoms with Crippen LogP contribution in [0.1, 0.15) is 0 Å². The molecule has 0 fully saturated rings. The second-order valence-corrected chi connectivity index (χ2v) is 16.0. The molecule has 6 heteroatoms. The Bertz CT molecular complexity index is 3890. The maximum absolute atomic E-state index is 6.63. The zero-order valence-electron chi connectivity index (χ0n) is 33.9. The van der Waals surface area contributed by atoms with Gasteiger partial charge in [-0.25, -0.2) is 15.0 Å². The average molecular weight is 806 g/mol. The lowest BCUT2D eigenvalue weighted by Crippen LogP contribution is -2.00. The smallest absolute Gasteiger partial charge is 0.164 e. The van der Waals surface area contributed by atoms with Crippen LogP contribution in [0.15, 0.2) is 217 Å². The van der Waals surface area contributed by atoms with Crippen LogP contribution in [-0.4, -0.2) is 24.1 Å². The first-order valence-electron chi connectivity index (χ1n) is 21.2. The average Bonchev–Trinajstić information content (AvgIpc) is 4.01. The Morgan fingerprint density at radius 2 is 0.778 bits per heavy atom. The predicted molar refractivity (Wildman–Crippen MR) is 258 cm³/mol. The minimum Gasteiger partial charge on any atom is -0.455 e. The Morgan fingerprint density at radius 1 is 0.302 bits per heavy atom. The van der Waals surface area contributed by atoms with Crippen molar-refractivity contribution in [3.63, 3.8) is 0 Å². The molecule has 0 aliphatic rings. The summed E-state index contributed by atoms with van der Waals surface area (Å²) >= 11 is 0. The second kappa shape index (κ2) is 14.0. The van der Waals surface area contributed by atoms with Crippen LogP contribution in [0.5, 0.6) is 0 Å². The van der Waals surface area contributed by atoms with Crippen molar-refractivity contribution in [2.24, 2.45) is 0 Å². The lowest BCUT2D eigenvalue weighted by molar-refractivity contribution is 0.670. The molecule has 9 aromatic carbocycles. The van der Waals surface area contributed by atoms with Gasteiger partial charge >= 0.3 is 0 Å². The molecule has 0 N–H and O–H groups in total. The van der Waals surface area contributed by atoms with Gasteiger partial charge in [0.2, 0.25) is 0 Å². The van der Waals surface area contributed by atoms with E-state index in [4.69, 9.17) is 19.4 Å². The van der Waals surface area contributed by atoms with Crippen LogP contribution in [0.2, 0.25) is 0 Å². The fraction of sp³-hybridized carbons (Fsp3) is 0. The highest BCUT2D eigenvalue weighted by molar-refractivity contribution is 6.19. The number of benzene rings is 9. The van der Waals surface area contributed by atoms with Crippen molar-refractivity contribution in [2.75, 3.05) is 0 Å². The second-order valence-electron chi connectivity index (χ2n) is 16.0. The van der Waals surface area contributed by atoms with Gasteiger partial charge in [-0.1, -0.05) is 140 Å². The van der Waals surface area contributed by atoms with Crippen molar-refractivity contribution in [3.05, 3.63) is 212 Å². The van der Waals surface area contributed by atoms with E-state index >= 15 is 0 Å². The summed E-state index contributed by atoms with van der Waals surface area (Å²) in [5, 5.41) is 6.97. The van der Waals surface area contributed by atoms with E-state index < -0.39 is 0 Å². The van der Waals surface area contributed by atoms with Gasteiger partial charge in [-0.3, -0.25) is 0 Å². The van der Waals surface area contributed by atoms with Gasteiger partial charge in [0.1, 0.15) is 11.2 Å². The normalized spacial score (nSPS) is 11.8. The van der Waals surface area contributed by atoms with Gasteiger partial charge in [-0.15, -0.1) is 0 Å². The topological polar surface area (TPSA) is 61.7 Å². The molecule has 0 amide bonds. The minimum atomic E-state index is 0.578. The van der Waals surface area contributed by atoms with Crippen LogP contribution in [-0.2, 0) is 0 Å². The monoisotopic (exact) mass is 805 g/mol. The highest BCUT2D eigenvalue weighted by Gasteiger charge is 2.20. The number of nitrogens with zero attached hydrogens (tertiary/aromatic N) is 5. The van der Waals surface area contributed by atoms with Gasteiger partial charge in [-0.05, 0) is 78.4 Å². The molecule has 0 spiro atoms. The molecule has 294 valence electrons. The quantitative estimate of drug-likeness (QED) is 0.168. The molecule has 0 unspecified atom stereocenters. The standard InChI is InChI=1S/C57H35N5O/c1-4-15-36(16-5-1)42-23-14-24-46-45-32-29-39(33-53(45)63-54(42)46)57-59-55(37-17-6-2-7-18-37)58-56(60-57)38-27-30-41(31-28-38)62-50-26-13-11-22-44(50)48-34-51-47(35-52(48)62)43-21-10-12-25-49(43)61(51)40-19-8-3-9-20-40/h1-35H. The third kappa shape index (κ3) is 5.62. The summed E-state index contributed by atoms with van der Waals surface area (Å²) in [6, 6.07) is 74.4. The fourth-order valence-corrected chi connectivity index (χ4v) is 9.46. The summed E-state index contributed by atoms with van der Waals surface area (Å²) in [6.45, 7) is 0. The zero-order valence-corrected chi connectivity index (χ0v) is 33.9. The first-order valence-corrected chi connectivity index (χ1v) is 21.2. The summed E-state index contributed by atoms with van der Waals surface area (Å²) in [7, 11) is 0. The number of hydrogen-bond acceptors (Lipinski definition) is 4. The van der Waals surface area contributed by atoms with Gasteiger partial charge in [0.25, 0.3) is 0 Å². The van der Waals surface area contributed by atoms with E-state index in [9.17, 15) is 0 Å². The number of rotatable bonds is 6. The highest BCUT2D eigenvalue weighted by Crippen LogP contribution is 2.41. The first-order chi connectivity index (χ1) is 31.2. The third-order valence-corrected chi connectivity index (χ3v) is 12.4. The molecular formula is C57H35N5O. The Hall–Kier alpha value is -8.61. The molecule has 6 nitrogen and oxygen atoms in total. The number of para-hydroxylation sites is 4. The van der Waals surface area contributed by atoms with Crippen molar-refractivity contribution in [1.29, 1.82) is 0 Å². The highest BCUT2D eigenvalue weighted by atomic mass is 16.3. The number of aromatic nitrogens is 5. The molecule has 4 heterocycles. The molecule has 13 rings (SSSR count). The van der Waals surface area contributed by atoms with Gasteiger partial charge < -0.3 is 13.6 Å². The third-order valence-electron chi connectivity index (χ3n) is 12.4. The summed E-state index contributed by atoms with van der Waals surface area (Å²) in [6.07, 6.45) is 0. The maximum Gasteiger partial charge on any atom is 0.164 e. The lowest BCUT2D eigenvalue weighted by atomic mass is 10.0. The Kier molecular flexibility index (Phi) is 7.80. The van der Waals surface area contributed by atoms with Crippen molar-refractivity contribution >= 4 is 65.6 Å². The predicted octanol–water partition coefficient (Wildman–Crippen LogP) is 14.6. The van der Waals surface area contributed by atoms with Crippen molar-refractivity contribution in [1.82, 2.24) is 24.1 Å². The summed E-state index contributed by atoms with van der Waals surface area (Å²) in [5.74, 6) is 1.78. The maximum atomic E-state index is 6.63. The lowest BCUT2D eigenvalue weighted by Gasteiger charge is -2.11. The van der Waals surface area contributed by atoms with E-state index in [0.29, 0.717) is 17.5 Å². The summed E-state index contributed by atoms with van der Waals surface area (Å²) in [5.41, 5.74) is 13.4. The van der Waals surface area contributed by atoms with Crippen molar-refractivity contribution in [2.45, 2.75) is 0 Å². The van der Waals surface area contributed by atoms with E-state index in [2.05, 4.69) is 185 Å². The summed E-state index contributed by atoms with van der Waals surface area (Å²) in [4.78, 5) is 15.3. The van der Waals surface area contributed by atoms with E-state index in [1.807, 2.05) is 36.4 Å². The molecule has 0 aliphatic carbocycles. The van der Waals surface area contributed by atoms with Crippen LogP contribution in [0.3, 0.4) is 0 Å². The minimum absolute atomic E-state index is 0.578. The van der Waals surface area contributed by atoms with Crippen LogP contribution < -0.4 is 0 Å². The fourth-order valence-electron chi connectivity index (χ4n) is 9.46. The van der Waals surface area contributed by atoms with Crippen LogP contribution in [0.4, 0.5) is 0 Å². The SMILES string of the molecule is c1ccc(-c2nc(-c3ccc(-n4c5ccccc5c5cc6c(cc54)c4ccccc4n6-c4ccccc4)cc3)nc(-c3ccc4c(c3)oc3c(-c5ccccc5)cccc34)n2)cc1. The van der Waals surface area contributed by atoms with Crippen molar-refractivity contribution in [3.8, 4) is 56.7 Å². The number of furan rings is 1. The molecule has 0 aliphatic heterocycles. The molecule has 0 atom stereocenters. The zero-order chi connectivity index (χ0) is 41.4. The van der Waals surface area contributed by atoms with E-state index in [-0.39, 0.29) is 0 Å². The number of hydrogen-bond donors (Lipinski definition) is 0. The molecule has 63 heavy (non-hydrogen) atoms. The van der Waals surface area contributed by atoms with E-state index in [1.165, 1.54) is 32.6 Å². The molecule has 13 aromatic rings. The van der Waals surface area contributed by atoms with E-state index in [0.717, 1.165) is 72.2 Å². The van der Waals surface area contributed by atoms with Gasteiger partial charge in [0.05, 0.1) is 22.1 Å². The summed E-state index contributed by atoms with van der Waals surface area (Å²) < 4.78 is 11.4. The molecule has 0 saturated heterocycles. The number of fused-ring (bicyclic) bond motifs is 9. The Labute approximate surface area is 361 Å². The van der Waals surface area contributed by atoms with Crippen LogP contribution in [0.25, 0.3) is 122 Å². The molecular weight excluding hydrogens is 771 g/mol. The van der Waals surface area contributed by atoms with Crippen LogP contribution >= 0.6 is 0 Å². The van der Waals surface area contributed by atoms with Crippen LogP contribution in [0, 0.1) is 0 Å². The van der Waals surface area contributed by atoms with Gasteiger partial charge in [-0.2, -0.15) is 0 Å². The van der Waals surface area contributed by atoms with Gasteiger partial charge in [0.15, 0.2) is 17.5 Å².